The summed E-state index contributed by atoms with van der Waals surface area (Å²) in [5.41, 5.74) is 3.26. The second-order valence-corrected chi connectivity index (χ2v) is 6.29. The Morgan fingerprint density at radius 2 is 1.96 bits per heavy atom. The Kier molecular flexibility index (Phi) is 4.84. The van der Waals surface area contributed by atoms with Crippen LogP contribution in [0.25, 0.3) is 11.0 Å². The molecule has 2 heterocycles. The van der Waals surface area contributed by atoms with Crippen LogP contribution >= 0.6 is 0 Å². The van der Waals surface area contributed by atoms with E-state index in [0.717, 1.165) is 28.8 Å². The quantitative estimate of drug-likeness (QED) is 0.526. The third kappa shape index (κ3) is 3.75. The highest BCUT2D eigenvalue weighted by molar-refractivity contribution is 6.03. The van der Waals surface area contributed by atoms with E-state index in [4.69, 9.17) is 0 Å². The molecule has 0 spiro atoms. The molecule has 0 bridgehead atoms. The number of aryl methyl sites for hydroxylation is 2. The predicted molar refractivity (Wildman–Crippen MR) is 101 cm³/mol. The van der Waals surface area contributed by atoms with Gasteiger partial charge in [-0.3, -0.25) is 4.79 Å². The molecular formula is C20H17F2N5O. The number of carbonyl (C=O) groups is 1. The molecule has 0 atom stereocenters. The fourth-order valence-corrected chi connectivity index (χ4v) is 3.04. The maximum Gasteiger partial charge on any atom is 0.333 e. The number of amides is 1. The number of imidazole rings is 1. The number of carbonyl (C=O) groups excluding carboxylic acids is 1. The van der Waals surface area contributed by atoms with Crippen LogP contribution in [-0.2, 0) is 12.8 Å². The zero-order valence-corrected chi connectivity index (χ0v) is 14.8. The molecule has 28 heavy (non-hydrogen) atoms. The molecule has 4 rings (SSSR count). The van der Waals surface area contributed by atoms with E-state index in [1.54, 1.807) is 6.07 Å². The Balaban J connectivity index is 1.44. The number of benzene rings is 2. The van der Waals surface area contributed by atoms with Crippen LogP contribution in [0, 0.1) is 0 Å². The van der Waals surface area contributed by atoms with Gasteiger partial charge in [-0.15, -0.1) is 0 Å². The first-order valence-electron chi connectivity index (χ1n) is 8.76. The van der Waals surface area contributed by atoms with Crippen molar-refractivity contribution in [2.24, 2.45) is 0 Å². The summed E-state index contributed by atoms with van der Waals surface area (Å²) in [4.78, 5) is 20.1. The van der Waals surface area contributed by atoms with E-state index in [0.29, 0.717) is 16.8 Å². The molecule has 0 aliphatic heterocycles. The number of fused-ring (bicyclic) bond motifs is 1. The van der Waals surface area contributed by atoms with E-state index in [-0.39, 0.29) is 5.69 Å². The monoisotopic (exact) mass is 381 g/mol. The molecule has 8 heteroatoms. The lowest BCUT2D eigenvalue weighted by atomic mass is 10.1. The molecule has 1 amide bonds. The number of nitrogens with zero attached hydrogens (tertiary/aromatic N) is 3. The van der Waals surface area contributed by atoms with Crippen molar-refractivity contribution in [3.8, 4) is 0 Å². The SMILES string of the molecule is O=C(Nc1cccc(CCc2nc3ccccc3[nH]2)c1)c1ccnn1C(F)F. The Morgan fingerprint density at radius 1 is 1.11 bits per heavy atom. The van der Waals surface area contributed by atoms with E-state index in [9.17, 15) is 13.6 Å². The van der Waals surface area contributed by atoms with Crippen molar-refractivity contribution < 1.29 is 13.6 Å². The van der Waals surface area contributed by atoms with Gasteiger partial charge in [0.05, 0.1) is 11.0 Å². The summed E-state index contributed by atoms with van der Waals surface area (Å²) in [5.74, 6) is 0.253. The van der Waals surface area contributed by atoms with Gasteiger partial charge < -0.3 is 10.3 Å². The van der Waals surface area contributed by atoms with Gasteiger partial charge in [0.15, 0.2) is 0 Å². The van der Waals surface area contributed by atoms with Crippen molar-refractivity contribution in [1.29, 1.82) is 0 Å². The highest BCUT2D eigenvalue weighted by Gasteiger charge is 2.18. The van der Waals surface area contributed by atoms with Crippen molar-refractivity contribution in [3.05, 3.63) is 77.9 Å². The van der Waals surface area contributed by atoms with E-state index in [2.05, 4.69) is 20.4 Å². The zero-order chi connectivity index (χ0) is 19.5. The topological polar surface area (TPSA) is 75.6 Å². The molecule has 142 valence electrons. The number of aromatic amines is 1. The largest absolute Gasteiger partial charge is 0.342 e. The van der Waals surface area contributed by atoms with Crippen LogP contribution in [0.1, 0.15) is 28.4 Å². The lowest BCUT2D eigenvalue weighted by Crippen LogP contribution is -2.18. The van der Waals surface area contributed by atoms with Crippen LogP contribution < -0.4 is 5.32 Å². The maximum atomic E-state index is 12.9. The molecule has 0 aliphatic rings. The number of hydrogen-bond acceptors (Lipinski definition) is 3. The molecule has 0 unspecified atom stereocenters. The summed E-state index contributed by atoms with van der Waals surface area (Å²) in [5, 5.41) is 6.12. The third-order valence-electron chi connectivity index (χ3n) is 4.36. The van der Waals surface area contributed by atoms with Crippen LogP contribution in [0.2, 0.25) is 0 Å². The van der Waals surface area contributed by atoms with E-state index in [1.807, 2.05) is 42.5 Å². The standard InChI is InChI=1S/C20H17F2N5O/c21-20(22)27-17(10-11-23-27)19(28)24-14-5-3-4-13(12-14)8-9-18-25-15-6-1-2-7-16(15)26-18/h1-7,10-12,20H,8-9H2,(H,24,28)(H,25,26). The van der Waals surface area contributed by atoms with E-state index < -0.39 is 12.5 Å². The molecule has 0 radical (unpaired) electrons. The minimum Gasteiger partial charge on any atom is -0.342 e. The average Bonchev–Trinajstić information content (AvgIpc) is 3.33. The van der Waals surface area contributed by atoms with Gasteiger partial charge in [0.1, 0.15) is 11.5 Å². The molecule has 6 nitrogen and oxygen atoms in total. The number of anilines is 1. The number of H-pyrrole nitrogens is 1. The molecule has 0 saturated carbocycles. The van der Waals surface area contributed by atoms with Gasteiger partial charge in [-0.1, -0.05) is 24.3 Å². The van der Waals surface area contributed by atoms with Crippen molar-refractivity contribution >= 4 is 22.6 Å². The van der Waals surface area contributed by atoms with Crippen molar-refractivity contribution in [1.82, 2.24) is 19.7 Å². The molecule has 0 saturated heterocycles. The summed E-state index contributed by atoms with van der Waals surface area (Å²) < 4.78 is 26.1. The highest BCUT2D eigenvalue weighted by atomic mass is 19.3. The van der Waals surface area contributed by atoms with Gasteiger partial charge in [0.25, 0.3) is 5.91 Å². The molecule has 0 aliphatic carbocycles. The Labute approximate surface area is 159 Å². The molecular weight excluding hydrogens is 364 g/mol. The smallest absolute Gasteiger partial charge is 0.333 e. The van der Waals surface area contributed by atoms with Crippen LogP contribution in [0.3, 0.4) is 0 Å². The summed E-state index contributed by atoms with van der Waals surface area (Å²) >= 11 is 0. The summed E-state index contributed by atoms with van der Waals surface area (Å²) in [6, 6.07) is 16.4. The fourth-order valence-electron chi connectivity index (χ4n) is 3.04. The first kappa shape index (κ1) is 17.8. The number of aromatic nitrogens is 4. The maximum absolute atomic E-state index is 12.9. The fraction of sp³-hybridized carbons (Fsp3) is 0.150. The number of hydrogen-bond donors (Lipinski definition) is 2. The Bertz CT molecular complexity index is 1090. The van der Waals surface area contributed by atoms with Gasteiger partial charge in [-0.2, -0.15) is 18.6 Å². The van der Waals surface area contributed by atoms with Gasteiger partial charge in [0.2, 0.25) is 0 Å². The molecule has 0 fully saturated rings. The number of nitrogens with one attached hydrogen (secondary N) is 2. The molecule has 2 N–H and O–H groups in total. The summed E-state index contributed by atoms with van der Waals surface area (Å²) in [7, 11) is 0. The number of halogens is 2. The van der Waals surface area contributed by atoms with Crippen LogP contribution in [0.15, 0.2) is 60.8 Å². The Morgan fingerprint density at radius 3 is 2.79 bits per heavy atom. The lowest BCUT2D eigenvalue weighted by molar-refractivity contribution is 0.0520. The summed E-state index contributed by atoms with van der Waals surface area (Å²) in [6.07, 6.45) is 2.60. The van der Waals surface area contributed by atoms with Crippen molar-refractivity contribution in [2.75, 3.05) is 5.32 Å². The van der Waals surface area contributed by atoms with Gasteiger partial charge in [0, 0.05) is 18.3 Å². The second-order valence-electron chi connectivity index (χ2n) is 6.29. The summed E-state index contributed by atoms with van der Waals surface area (Å²) in [6.45, 7) is -2.87. The normalized spacial score (nSPS) is 11.2. The van der Waals surface area contributed by atoms with E-state index in [1.165, 1.54) is 12.3 Å². The molecule has 2 aromatic carbocycles. The molecule has 4 aromatic rings. The minimum atomic E-state index is -2.87. The van der Waals surface area contributed by atoms with Crippen LogP contribution in [0.4, 0.5) is 14.5 Å². The molecule has 2 aromatic heterocycles. The van der Waals surface area contributed by atoms with Crippen molar-refractivity contribution in [2.45, 2.75) is 19.4 Å². The third-order valence-corrected chi connectivity index (χ3v) is 4.36. The van der Waals surface area contributed by atoms with Gasteiger partial charge in [-0.05, 0) is 42.3 Å². The van der Waals surface area contributed by atoms with E-state index >= 15 is 0 Å². The van der Waals surface area contributed by atoms with Gasteiger partial charge in [-0.25, -0.2) is 4.98 Å². The lowest BCUT2D eigenvalue weighted by Gasteiger charge is -2.09. The Hall–Kier alpha value is -3.55. The number of rotatable bonds is 6. The number of para-hydroxylation sites is 2. The number of alkyl halides is 2. The first-order chi connectivity index (χ1) is 13.6. The van der Waals surface area contributed by atoms with Crippen molar-refractivity contribution in [3.63, 3.8) is 0 Å². The first-order valence-corrected chi connectivity index (χ1v) is 8.76. The van der Waals surface area contributed by atoms with Gasteiger partial charge >= 0.3 is 6.55 Å². The minimum absolute atomic E-state index is 0.192. The van der Waals surface area contributed by atoms with Crippen LogP contribution in [0.5, 0.6) is 0 Å². The highest BCUT2D eigenvalue weighted by Crippen LogP contribution is 2.17. The zero-order valence-electron chi connectivity index (χ0n) is 14.8. The van der Waals surface area contributed by atoms with Crippen LogP contribution in [-0.4, -0.2) is 25.7 Å². The second kappa shape index (κ2) is 7.59. The average molecular weight is 381 g/mol. The predicted octanol–water partition coefficient (Wildman–Crippen LogP) is 4.19.